The minimum atomic E-state index is 0. The van der Waals surface area contributed by atoms with Gasteiger partial charge in [0, 0.05) is 28.4 Å². The van der Waals surface area contributed by atoms with Crippen LogP contribution >= 0.6 is 24.2 Å². The second-order valence-electron chi connectivity index (χ2n) is 6.45. The number of fused-ring (bicyclic) bond motifs is 1. The maximum Gasteiger partial charge on any atom is 0.258 e. The van der Waals surface area contributed by atoms with Crippen LogP contribution in [-0.2, 0) is 12.2 Å². The van der Waals surface area contributed by atoms with Gasteiger partial charge in [0.15, 0.2) is 5.82 Å². The third kappa shape index (κ3) is 4.15. The zero-order chi connectivity index (χ0) is 18.8. The number of amides is 1. The molecule has 1 aliphatic heterocycles. The van der Waals surface area contributed by atoms with E-state index in [2.05, 4.69) is 10.1 Å². The first-order valence-electron chi connectivity index (χ1n) is 8.83. The van der Waals surface area contributed by atoms with Gasteiger partial charge in [-0.25, -0.2) is 0 Å². The Morgan fingerprint density at radius 3 is 2.75 bits per heavy atom. The van der Waals surface area contributed by atoms with Crippen molar-refractivity contribution in [2.45, 2.75) is 30.4 Å². The molecule has 0 spiro atoms. The van der Waals surface area contributed by atoms with E-state index in [1.165, 1.54) is 0 Å². The van der Waals surface area contributed by atoms with Gasteiger partial charge in [-0.3, -0.25) is 4.79 Å². The summed E-state index contributed by atoms with van der Waals surface area (Å²) in [5.74, 6) is 1.84. The lowest BCUT2D eigenvalue weighted by Crippen LogP contribution is -2.35. The van der Waals surface area contributed by atoms with Gasteiger partial charge in [0.05, 0.1) is 5.75 Å². The molecular formula is C20H21ClN4O2S. The van der Waals surface area contributed by atoms with E-state index in [1.54, 1.807) is 18.7 Å². The molecule has 0 unspecified atom stereocenters. The van der Waals surface area contributed by atoms with Crippen LogP contribution in [0, 0.1) is 6.92 Å². The highest BCUT2D eigenvalue weighted by molar-refractivity contribution is 7.98. The first kappa shape index (κ1) is 20.2. The number of benzene rings is 2. The largest absolute Gasteiger partial charge is 0.398 e. The number of aryl methyl sites for hydroxylation is 1. The topological polar surface area (TPSA) is 85.2 Å². The van der Waals surface area contributed by atoms with Gasteiger partial charge in [-0.1, -0.05) is 11.2 Å². The fourth-order valence-electron chi connectivity index (χ4n) is 3.26. The number of anilines is 2. The Labute approximate surface area is 173 Å². The summed E-state index contributed by atoms with van der Waals surface area (Å²) in [5.41, 5.74) is 9.51. The van der Waals surface area contributed by atoms with Crippen LogP contribution in [0.25, 0.3) is 0 Å². The molecule has 0 saturated carbocycles. The molecular weight excluding hydrogens is 396 g/mol. The Hall–Kier alpha value is -2.51. The Bertz CT molecular complexity index is 975. The number of nitrogens with zero attached hydrogens (tertiary/aromatic N) is 3. The van der Waals surface area contributed by atoms with Gasteiger partial charge in [-0.05, 0) is 61.7 Å². The molecule has 1 aliphatic rings. The maximum atomic E-state index is 13.0. The van der Waals surface area contributed by atoms with Crippen molar-refractivity contribution in [2.24, 2.45) is 0 Å². The van der Waals surface area contributed by atoms with E-state index >= 15 is 0 Å². The van der Waals surface area contributed by atoms with Crippen LogP contribution in [0.3, 0.4) is 0 Å². The molecule has 6 nitrogen and oxygen atoms in total. The Morgan fingerprint density at radius 2 is 2.04 bits per heavy atom. The first-order valence-corrected chi connectivity index (χ1v) is 9.81. The van der Waals surface area contributed by atoms with Crippen molar-refractivity contribution < 1.29 is 9.32 Å². The number of carbonyl (C=O) groups is 1. The molecule has 0 radical (unpaired) electrons. The molecule has 2 heterocycles. The fraction of sp³-hybridized carbons (Fsp3) is 0.250. The molecule has 1 amide bonds. The van der Waals surface area contributed by atoms with Crippen LogP contribution in [0.4, 0.5) is 11.4 Å². The first-order chi connectivity index (χ1) is 13.1. The summed E-state index contributed by atoms with van der Waals surface area (Å²) in [6.45, 7) is 2.51. The molecule has 146 valence electrons. The van der Waals surface area contributed by atoms with Gasteiger partial charge in [0.1, 0.15) is 0 Å². The van der Waals surface area contributed by atoms with E-state index in [1.807, 2.05) is 47.4 Å². The lowest BCUT2D eigenvalue weighted by molar-refractivity contribution is 0.0985. The maximum absolute atomic E-state index is 13.0. The molecule has 0 fully saturated rings. The average Bonchev–Trinajstić information content (AvgIpc) is 3.11. The van der Waals surface area contributed by atoms with Crippen LogP contribution in [-0.4, -0.2) is 22.6 Å². The number of hydrogen-bond acceptors (Lipinski definition) is 6. The highest BCUT2D eigenvalue weighted by atomic mass is 35.5. The normalized spacial score (nSPS) is 13.0. The SMILES string of the molecule is Cc1noc(CSc2ccc(C(=O)N3CCCc4c(N)cccc43)cc2)n1.Cl. The van der Waals surface area contributed by atoms with Gasteiger partial charge in [0.25, 0.3) is 5.91 Å². The van der Waals surface area contributed by atoms with E-state index in [4.69, 9.17) is 10.3 Å². The van der Waals surface area contributed by atoms with Gasteiger partial charge in [-0.2, -0.15) is 4.98 Å². The second-order valence-corrected chi connectivity index (χ2v) is 7.50. The number of rotatable bonds is 4. The molecule has 3 aromatic rings. The van der Waals surface area contributed by atoms with Crippen molar-refractivity contribution in [1.29, 1.82) is 0 Å². The second kappa shape index (κ2) is 8.67. The third-order valence-electron chi connectivity index (χ3n) is 4.57. The molecule has 0 bridgehead atoms. The van der Waals surface area contributed by atoms with E-state index in [-0.39, 0.29) is 18.3 Å². The summed E-state index contributed by atoms with van der Waals surface area (Å²) in [4.78, 5) is 20.1. The summed E-state index contributed by atoms with van der Waals surface area (Å²) < 4.78 is 5.12. The highest BCUT2D eigenvalue weighted by Crippen LogP contribution is 2.32. The number of nitrogen functional groups attached to an aromatic ring is 1. The fourth-order valence-corrected chi connectivity index (χ4v) is 3.99. The molecule has 8 heteroatoms. The van der Waals surface area contributed by atoms with Crippen molar-refractivity contribution in [3.63, 3.8) is 0 Å². The van der Waals surface area contributed by atoms with Gasteiger partial charge in [-0.15, -0.1) is 24.2 Å². The summed E-state index contributed by atoms with van der Waals surface area (Å²) in [7, 11) is 0. The van der Waals surface area contributed by atoms with Crippen LogP contribution in [0.15, 0.2) is 51.9 Å². The standard InChI is InChI=1S/C20H20N4O2S.ClH/c1-13-22-19(26-23-13)12-27-15-9-7-14(8-10-15)20(25)24-11-3-4-16-17(21)5-2-6-18(16)24;/h2,5-10H,3-4,11-12,21H2,1H3;1H. The van der Waals surface area contributed by atoms with Crippen LogP contribution in [0.5, 0.6) is 0 Å². The third-order valence-corrected chi connectivity index (χ3v) is 5.56. The summed E-state index contributed by atoms with van der Waals surface area (Å²) in [6.07, 6.45) is 1.83. The van der Waals surface area contributed by atoms with Crippen LogP contribution < -0.4 is 10.6 Å². The highest BCUT2D eigenvalue weighted by Gasteiger charge is 2.24. The lowest BCUT2D eigenvalue weighted by Gasteiger charge is -2.30. The number of hydrogen-bond donors (Lipinski definition) is 1. The van der Waals surface area contributed by atoms with Gasteiger partial charge in [0.2, 0.25) is 5.89 Å². The molecule has 28 heavy (non-hydrogen) atoms. The van der Waals surface area contributed by atoms with E-state index < -0.39 is 0 Å². The molecule has 0 saturated heterocycles. The van der Waals surface area contributed by atoms with Crippen LogP contribution in [0.1, 0.15) is 34.1 Å². The lowest BCUT2D eigenvalue weighted by atomic mass is 9.99. The average molecular weight is 417 g/mol. The number of aromatic nitrogens is 2. The molecule has 0 aliphatic carbocycles. The smallest absolute Gasteiger partial charge is 0.258 e. The van der Waals surface area contributed by atoms with E-state index in [9.17, 15) is 4.79 Å². The molecule has 1 aromatic heterocycles. The number of thioether (sulfide) groups is 1. The zero-order valence-corrected chi connectivity index (χ0v) is 17.1. The zero-order valence-electron chi connectivity index (χ0n) is 15.4. The van der Waals surface area contributed by atoms with Crippen molar-refractivity contribution in [2.75, 3.05) is 17.2 Å². The summed E-state index contributed by atoms with van der Waals surface area (Å²) >= 11 is 1.60. The number of halogens is 1. The minimum absolute atomic E-state index is 0. The van der Waals surface area contributed by atoms with Crippen molar-refractivity contribution >= 4 is 41.5 Å². The van der Waals surface area contributed by atoms with Gasteiger partial charge < -0.3 is 15.2 Å². The molecule has 2 N–H and O–H groups in total. The van der Waals surface area contributed by atoms with Crippen molar-refractivity contribution in [3.05, 3.63) is 65.3 Å². The predicted octanol–water partition coefficient (Wildman–Crippen LogP) is 4.27. The predicted molar refractivity (Wildman–Crippen MR) is 113 cm³/mol. The van der Waals surface area contributed by atoms with E-state index in [0.29, 0.717) is 29.6 Å². The number of nitrogens with two attached hydrogens (primary N) is 1. The Kier molecular flexibility index (Phi) is 6.26. The van der Waals surface area contributed by atoms with E-state index in [0.717, 1.165) is 34.7 Å². The monoisotopic (exact) mass is 416 g/mol. The Balaban J connectivity index is 0.00000225. The minimum Gasteiger partial charge on any atom is -0.398 e. The Morgan fingerprint density at radius 1 is 1.25 bits per heavy atom. The van der Waals surface area contributed by atoms with Gasteiger partial charge >= 0.3 is 0 Å². The molecule has 4 rings (SSSR count). The molecule has 2 aromatic carbocycles. The quantitative estimate of drug-likeness (QED) is 0.505. The van der Waals surface area contributed by atoms with Crippen LogP contribution in [0.2, 0.25) is 0 Å². The van der Waals surface area contributed by atoms with Crippen molar-refractivity contribution in [1.82, 2.24) is 10.1 Å². The summed E-state index contributed by atoms with van der Waals surface area (Å²) in [6, 6.07) is 13.4. The molecule has 0 atom stereocenters. The van der Waals surface area contributed by atoms with Crippen molar-refractivity contribution in [3.8, 4) is 0 Å². The number of carbonyl (C=O) groups excluding carboxylic acids is 1. The summed E-state index contributed by atoms with van der Waals surface area (Å²) in [5, 5.41) is 3.78.